The van der Waals surface area contributed by atoms with Crippen LogP contribution >= 0.6 is 34.5 Å². The number of halogens is 2. The van der Waals surface area contributed by atoms with Crippen molar-refractivity contribution in [3.05, 3.63) is 50.4 Å². The number of nitrogens with one attached hydrogen (secondary N) is 2. The Balaban J connectivity index is 1.71. The first-order chi connectivity index (χ1) is 9.63. The van der Waals surface area contributed by atoms with Crippen LogP contribution in [0.5, 0.6) is 0 Å². The van der Waals surface area contributed by atoms with Crippen LogP contribution in [0.3, 0.4) is 0 Å². The third-order valence-electron chi connectivity index (χ3n) is 3.16. The second-order valence-electron chi connectivity index (χ2n) is 4.58. The molecule has 1 aromatic carbocycles. The Morgan fingerprint density at radius 2 is 2.15 bits per heavy atom. The molecule has 1 unspecified atom stereocenters. The maximum Gasteiger partial charge on any atom is 0.121 e. The van der Waals surface area contributed by atoms with Gasteiger partial charge in [0.2, 0.25) is 0 Å². The number of aromatic nitrogens is 2. The van der Waals surface area contributed by atoms with Gasteiger partial charge in [-0.3, -0.25) is 0 Å². The molecule has 0 aliphatic carbocycles. The summed E-state index contributed by atoms with van der Waals surface area (Å²) in [5.41, 5.74) is 3.06. The van der Waals surface area contributed by atoms with E-state index in [1.165, 1.54) is 11.3 Å². The fourth-order valence-corrected chi connectivity index (χ4v) is 3.74. The van der Waals surface area contributed by atoms with E-state index < -0.39 is 0 Å². The van der Waals surface area contributed by atoms with Crippen LogP contribution in [0.15, 0.2) is 30.3 Å². The van der Waals surface area contributed by atoms with Crippen molar-refractivity contribution in [1.82, 2.24) is 15.3 Å². The second kappa shape index (κ2) is 5.74. The molecule has 0 radical (unpaired) electrons. The number of para-hydroxylation sites is 2. The van der Waals surface area contributed by atoms with Crippen LogP contribution in [0.4, 0.5) is 0 Å². The van der Waals surface area contributed by atoms with Crippen LogP contribution in [0, 0.1) is 0 Å². The third kappa shape index (κ3) is 2.83. The minimum absolute atomic E-state index is 0.125. The number of imidazole rings is 1. The van der Waals surface area contributed by atoms with Gasteiger partial charge in [0.25, 0.3) is 0 Å². The number of benzene rings is 1. The molecule has 1 atom stereocenters. The summed E-state index contributed by atoms with van der Waals surface area (Å²) in [6.07, 6.45) is 0. The molecule has 0 amide bonds. The van der Waals surface area contributed by atoms with E-state index in [0.29, 0.717) is 10.9 Å². The molecule has 0 aliphatic rings. The smallest absolute Gasteiger partial charge is 0.121 e. The Labute approximate surface area is 130 Å². The summed E-state index contributed by atoms with van der Waals surface area (Å²) in [6, 6.07) is 10.0. The van der Waals surface area contributed by atoms with Gasteiger partial charge in [-0.2, -0.15) is 0 Å². The predicted octanol–water partition coefficient (Wildman–Crippen LogP) is 4.78. The van der Waals surface area contributed by atoms with Crippen molar-refractivity contribution in [3.63, 3.8) is 0 Å². The minimum atomic E-state index is 0.125. The van der Waals surface area contributed by atoms with Crippen molar-refractivity contribution in [1.29, 1.82) is 0 Å². The molecule has 0 bridgehead atoms. The molecular weight excluding hydrogens is 313 g/mol. The van der Waals surface area contributed by atoms with Crippen molar-refractivity contribution in [2.45, 2.75) is 19.5 Å². The van der Waals surface area contributed by atoms with E-state index >= 15 is 0 Å². The Kier molecular flexibility index (Phi) is 3.98. The van der Waals surface area contributed by atoms with E-state index in [1.807, 2.05) is 30.3 Å². The van der Waals surface area contributed by atoms with Gasteiger partial charge >= 0.3 is 0 Å². The maximum atomic E-state index is 6.16. The van der Waals surface area contributed by atoms with E-state index in [4.69, 9.17) is 23.2 Å². The summed E-state index contributed by atoms with van der Waals surface area (Å²) >= 11 is 13.5. The Morgan fingerprint density at radius 3 is 2.85 bits per heavy atom. The maximum absolute atomic E-state index is 6.16. The summed E-state index contributed by atoms with van der Waals surface area (Å²) < 4.78 is 1.45. The van der Waals surface area contributed by atoms with Crippen molar-refractivity contribution < 1.29 is 0 Å². The quantitative estimate of drug-likeness (QED) is 0.724. The van der Waals surface area contributed by atoms with E-state index in [2.05, 4.69) is 22.2 Å². The van der Waals surface area contributed by atoms with Gasteiger partial charge in [-0.15, -0.1) is 11.3 Å². The first-order valence-corrected chi connectivity index (χ1v) is 7.82. The zero-order chi connectivity index (χ0) is 14.1. The molecule has 0 fully saturated rings. The molecule has 2 heterocycles. The largest absolute Gasteiger partial charge is 0.341 e. The first-order valence-electron chi connectivity index (χ1n) is 6.25. The molecule has 0 spiro atoms. The second-order valence-corrected chi connectivity index (χ2v) is 6.87. The first kappa shape index (κ1) is 13.9. The van der Waals surface area contributed by atoms with Crippen LogP contribution in [0.1, 0.15) is 24.4 Å². The summed E-state index contributed by atoms with van der Waals surface area (Å²) in [5.74, 6) is 0.912. The highest BCUT2D eigenvalue weighted by molar-refractivity contribution is 7.20. The number of rotatable bonds is 4. The fraction of sp³-hybridized carbons (Fsp3) is 0.214. The number of hydrogen-bond donors (Lipinski definition) is 2. The van der Waals surface area contributed by atoms with Crippen LogP contribution in [-0.2, 0) is 6.54 Å². The zero-order valence-corrected chi connectivity index (χ0v) is 13.1. The monoisotopic (exact) mass is 325 g/mol. The van der Waals surface area contributed by atoms with Crippen molar-refractivity contribution in [2.24, 2.45) is 0 Å². The molecule has 0 aliphatic heterocycles. The number of hydrogen-bond acceptors (Lipinski definition) is 3. The molecule has 0 saturated heterocycles. The van der Waals surface area contributed by atoms with Crippen molar-refractivity contribution in [2.75, 3.05) is 0 Å². The number of nitrogens with zero attached hydrogens (tertiary/aromatic N) is 1. The van der Waals surface area contributed by atoms with Crippen LogP contribution in [0.2, 0.25) is 8.67 Å². The molecule has 3 rings (SSSR count). The minimum Gasteiger partial charge on any atom is -0.341 e. The van der Waals surface area contributed by atoms with Crippen LogP contribution < -0.4 is 5.32 Å². The molecule has 2 N–H and O–H groups in total. The van der Waals surface area contributed by atoms with E-state index in [0.717, 1.165) is 26.8 Å². The highest BCUT2D eigenvalue weighted by Gasteiger charge is 2.13. The van der Waals surface area contributed by atoms with Crippen molar-refractivity contribution in [3.8, 4) is 0 Å². The lowest BCUT2D eigenvalue weighted by Gasteiger charge is -2.11. The fourth-order valence-electron chi connectivity index (χ4n) is 2.10. The number of aromatic amines is 1. The van der Waals surface area contributed by atoms with Gasteiger partial charge in [-0.05, 0) is 30.7 Å². The van der Waals surface area contributed by atoms with Gasteiger partial charge in [0.1, 0.15) is 5.82 Å². The van der Waals surface area contributed by atoms with E-state index in [-0.39, 0.29) is 6.04 Å². The highest BCUT2D eigenvalue weighted by atomic mass is 35.5. The van der Waals surface area contributed by atoms with Gasteiger partial charge in [0, 0.05) is 6.04 Å². The average molecular weight is 326 g/mol. The number of fused-ring (bicyclic) bond motifs is 1. The normalized spacial score (nSPS) is 12.9. The number of thiophene rings is 1. The Morgan fingerprint density at radius 1 is 1.35 bits per heavy atom. The Hall–Kier alpha value is -1.07. The summed E-state index contributed by atoms with van der Waals surface area (Å²) in [7, 11) is 0. The van der Waals surface area contributed by atoms with Gasteiger partial charge in [0.15, 0.2) is 0 Å². The standard InChI is InChI=1S/C14H13Cl2N3S/c1-8(9-6-12(15)20-14(9)16)17-7-13-18-10-4-2-3-5-11(10)19-13/h2-6,8,17H,7H2,1H3,(H,18,19). The van der Waals surface area contributed by atoms with E-state index in [9.17, 15) is 0 Å². The average Bonchev–Trinajstić information content (AvgIpc) is 2.98. The molecule has 20 heavy (non-hydrogen) atoms. The molecule has 0 saturated carbocycles. The molecular formula is C14H13Cl2N3S. The lowest BCUT2D eigenvalue weighted by molar-refractivity contribution is 0.564. The lowest BCUT2D eigenvalue weighted by Crippen LogP contribution is -2.18. The Bertz CT molecular complexity index is 702. The van der Waals surface area contributed by atoms with Crippen LogP contribution in [-0.4, -0.2) is 9.97 Å². The summed E-state index contributed by atoms with van der Waals surface area (Å²) in [5, 5.41) is 3.40. The zero-order valence-electron chi connectivity index (χ0n) is 10.8. The molecule has 104 valence electrons. The molecule has 6 heteroatoms. The van der Waals surface area contributed by atoms with Crippen LogP contribution in [0.25, 0.3) is 11.0 Å². The predicted molar refractivity (Wildman–Crippen MR) is 85.7 cm³/mol. The van der Waals surface area contributed by atoms with Gasteiger partial charge in [-0.25, -0.2) is 4.98 Å². The van der Waals surface area contributed by atoms with Crippen molar-refractivity contribution >= 4 is 45.6 Å². The van der Waals surface area contributed by atoms with E-state index in [1.54, 1.807) is 0 Å². The van der Waals surface area contributed by atoms with Gasteiger partial charge < -0.3 is 10.3 Å². The number of H-pyrrole nitrogens is 1. The lowest BCUT2D eigenvalue weighted by atomic mass is 10.2. The van der Waals surface area contributed by atoms with Gasteiger partial charge in [-0.1, -0.05) is 35.3 Å². The topological polar surface area (TPSA) is 40.7 Å². The summed E-state index contributed by atoms with van der Waals surface area (Å²) in [6.45, 7) is 2.71. The molecule has 3 aromatic rings. The molecule has 3 nitrogen and oxygen atoms in total. The molecule has 2 aromatic heterocycles. The summed E-state index contributed by atoms with van der Waals surface area (Å²) in [4.78, 5) is 7.82. The SMILES string of the molecule is CC(NCc1nc2ccccc2[nH]1)c1cc(Cl)sc1Cl. The third-order valence-corrected chi connectivity index (χ3v) is 4.68. The highest BCUT2D eigenvalue weighted by Crippen LogP contribution is 2.34. The van der Waals surface area contributed by atoms with Gasteiger partial charge in [0.05, 0.1) is 26.3 Å².